The number of amides is 1. The average Bonchev–Trinajstić information content (AvgIpc) is 3.68. The lowest BCUT2D eigenvalue weighted by atomic mass is 9.97. The van der Waals surface area contributed by atoms with Crippen LogP contribution < -0.4 is 5.32 Å². The van der Waals surface area contributed by atoms with Gasteiger partial charge in [0.1, 0.15) is 48.8 Å². The van der Waals surface area contributed by atoms with Crippen molar-refractivity contribution in [1.82, 2.24) is 5.32 Å². The first-order valence-electron chi connectivity index (χ1n) is 34.7. The molecule has 2 aliphatic rings. The second-order valence-corrected chi connectivity index (χ2v) is 24.6. The minimum absolute atomic E-state index is 0.250. The number of nitrogens with one attached hydrogen (secondary N) is 1. The summed E-state index contributed by atoms with van der Waals surface area (Å²) in [5.74, 6) is -0.250. The van der Waals surface area contributed by atoms with E-state index in [1.54, 1.807) is 6.08 Å². The third-order valence-electron chi connectivity index (χ3n) is 17.0. The van der Waals surface area contributed by atoms with Crippen molar-refractivity contribution in [2.75, 3.05) is 19.8 Å². The molecule has 2 aliphatic heterocycles. The summed E-state index contributed by atoms with van der Waals surface area (Å²) < 4.78 is 22.7. The van der Waals surface area contributed by atoms with Crippen molar-refractivity contribution >= 4 is 5.91 Å². The third kappa shape index (κ3) is 39.0. The number of ether oxygens (including phenoxy) is 4. The summed E-state index contributed by atoms with van der Waals surface area (Å²) in [7, 11) is 0. The van der Waals surface area contributed by atoms with Crippen LogP contribution in [0.15, 0.2) is 36.5 Å². The molecule has 14 heteroatoms. The van der Waals surface area contributed by atoms with Crippen LogP contribution >= 0.6 is 0 Å². The summed E-state index contributed by atoms with van der Waals surface area (Å²) in [5.41, 5.74) is 0. The molecule has 0 aromatic rings. The molecule has 0 radical (unpaired) electrons. The molecule has 0 bridgehead atoms. The Morgan fingerprint density at radius 3 is 1.16 bits per heavy atom. The lowest BCUT2D eigenvalue weighted by Crippen LogP contribution is -2.65. The van der Waals surface area contributed by atoms with Crippen molar-refractivity contribution in [3.8, 4) is 0 Å². The quantitative estimate of drug-likeness (QED) is 0.0204. The molecule has 2 fully saturated rings. The minimum Gasteiger partial charge on any atom is -0.394 e. The van der Waals surface area contributed by atoms with E-state index in [9.17, 15) is 45.6 Å². The van der Waals surface area contributed by atoms with Gasteiger partial charge in [0.15, 0.2) is 12.6 Å². The van der Waals surface area contributed by atoms with Gasteiger partial charge >= 0.3 is 0 Å². The van der Waals surface area contributed by atoms with Crippen molar-refractivity contribution in [2.24, 2.45) is 0 Å². The number of hydrogen-bond donors (Lipinski definition) is 9. The van der Waals surface area contributed by atoms with Gasteiger partial charge in [0.05, 0.1) is 32.0 Å². The van der Waals surface area contributed by atoms with Crippen LogP contribution in [-0.2, 0) is 23.7 Å². The van der Waals surface area contributed by atoms with E-state index in [-0.39, 0.29) is 18.9 Å². The van der Waals surface area contributed by atoms with Crippen LogP contribution in [0, 0.1) is 0 Å². The molecule has 83 heavy (non-hydrogen) atoms. The van der Waals surface area contributed by atoms with E-state index < -0.39 is 86.8 Å². The lowest BCUT2D eigenvalue weighted by molar-refractivity contribution is -0.359. The highest BCUT2D eigenvalue weighted by Crippen LogP contribution is 2.30. The SMILES string of the molecule is CCC/C=C/CC/C=C/CC/C=C/C(O)C(COC1OC(CO)C(OC2OC(CO)C(O)C(O)C2O)C(O)C1O)NC(=O)CCCCCCCCCCCCCCCCCCCCCCCCCCCCCCCCCCCCCCCC. The van der Waals surface area contributed by atoms with E-state index in [1.165, 1.54) is 218 Å². The molecule has 488 valence electrons. The largest absolute Gasteiger partial charge is 0.394 e. The highest BCUT2D eigenvalue weighted by atomic mass is 16.7. The Labute approximate surface area is 506 Å². The van der Waals surface area contributed by atoms with Crippen LogP contribution in [0.1, 0.15) is 303 Å². The van der Waals surface area contributed by atoms with Gasteiger partial charge < -0.3 is 65.1 Å². The fraction of sp³-hybridized carbons (Fsp3) is 0.899. The highest BCUT2D eigenvalue weighted by molar-refractivity contribution is 5.76. The molecule has 14 nitrogen and oxygen atoms in total. The Kier molecular flexibility index (Phi) is 50.6. The molecule has 0 aromatic heterocycles. The molecular weight excluding hydrogens is 1050 g/mol. The number of carbonyl (C=O) groups excluding carboxylic acids is 1. The van der Waals surface area contributed by atoms with Crippen molar-refractivity contribution in [3.05, 3.63) is 36.5 Å². The average molecular weight is 1180 g/mol. The predicted molar refractivity (Wildman–Crippen MR) is 337 cm³/mol. The Morgan fingerprint density at radius 1 is 0.422 bits per heavy atom. The smallest absolute Gasteiger partial charge is 0.220 e. The molecule has 2 rings (SSSR count). The summed E-state index contributed by atoms with van der Waals surface area (Å²) in [6.07, 6.45) is 52.7. The number of aliphatic hydroxyl groups is 8. The standard InChI is InChI=1S/C69H129NO13/c1-3-5-7-9-11-13-15-16-17-18-19-20-21-22-23-24-25-26-27-28-29-30-31-32-33-34-35-36-37-38-39-40-41-43-45-47-49-51-53-61(74)70-57(58(73)52-50-48-46-44-42-14-12-10-8-6-4-2)56-80-68-66(79)64(77)67(60(55-72)82-68)83-69-65(78)63(76)62(75)59(54-71)81-69/h8,10,42,44,50,52,57-60,62-69,71-73,75-79H,3-7,9,11-41,43,45-49,51,53-56H2,1-2H3,(H,70,74)/b10-8+,44-42+,52-50+. The summed E-state index contributed by atoms with van der Waals surface area (Å²) in [5, 5.41) is 87.0. The summed E-state index contributed by atoms with van der Waals surface area (Å²) >= 11 is 0. The third-order valence-corrected chi connectivity index (χ3v) is 17.0. The van der Waals surface area contributed by atoms with Crippen molar-refractivity contribution < 1.29 is 64.6 Å². The van der Waals surface area contributed by atoms with E-state index in [0.29, 0.717) is 12.8 Å². The van der Waals surface area contributed by atoms with E-state index >= 15 is 0 Å². The molecule has 9 N–H and O–H groups in total. The summed E-state index contributed by atoms with van der Waals surface area (Å²) in [6, 6.07) is -0.935. The molecule has 0 aliphatic carbocycles. The van der Waals surface area contributed by atoms with Crippen molar-refractivity contribution in [1.29, 1.82) is 0 Å². The zero-order valence-corrected chi connectivity index (χ0v) is 53.0. The maximum absolute atomic E-state index is 13.3. The van der Waals surface area contributed by atoms with E-state index in [4.69, 9.17) is 18.9 Å². The van der Waals surface area contributed by atoms with Crippen LogP contribution in [0.3, 0.4) is 0 Å². The molecule has 12 unspecified atom stereocenters. The Hall–Kier alpha value is -1.79. The monoisotopic (exact) mass is 1180 g/mol. The topological polar surface area (TPSA) is 228 Å². The second kappa shape index (κ2) is 54.4. The zero-order valence-electron chi connectivity index (χ0n) is 53.0. The van der Waals surface area contributed by atoms with Gasteiger partial charge in [0, 0.05) is 6.42 Å². The van der Waals surface area contributed by atoms with Gasteiger partial charge in [-0.2, -0.15) is 0 Å². The van der Waals surface area contributed by atoms with Crippen LogP contribution in [0.2, 0.25) is 0 Å². The van der Waals surface area contributed by atoms with E-state index in [1.807, 2.05) is 6.08 Å². The molecule has 0 spiro atoms. The first kappa shape index (κ1) is 77.3. The number of rotatable bonds is 57. The Morgan fingerprint density at radius 2 is 0.771 bits per heavy atom. The van der Waals surface area contributed by atoms with Gasteiger partial charge in [0.25, 0.3) is 0 Å². The fourth-order valence-electron chi connectivity index (χ4n) is 11.5. The van der Waals surface area contributed by atoms with E-state index in [2.05, 4.69) is 43.5 Å². The minimum atomic E-state index is -1.79. The number of hydrogen-bond acceptors (Lipinski definition) is 13. The Balaban J connectivity index is 1.53. The van der Waals surface area contributed by atoms with Crippen LogP contribution in [-0.4, -0.2) is 140 Å². The number of allylic oxidation sites excluding steroid dienone is 5. The highest BCUT2D eigenvalue weighted by Gasteiger charge is 2.51. The van der Waals surface area contributed by atoms with Crippen molar-refractivity contribution in [3.63, 3.8) is 0 Å². The van der Waals surface area contributed by atoms with Gasteiger partial charge in [-0.05, 0) is 38.5 Å². The van der Waals surface area contributed by atoms with Crippen molar-refractivity contribution in [2.45, 2.75) is 376 Å². The van der Waals surface area contributed by atoms with Crippen LogP contribution in [0.25, 0.3) is 0 Å². The molecular formula is C69H129NO13. The van der Waals surface area contributed by atoms with Crippen LogP contribution in [0.5, 0.6) is 0 Å². The normalized spacial score (nSPS) is 24.0. The van der Waals surface area contributed by atoms with Gasteiger partial charge in [-0.1, -0.05) is 294 Å². The first-order valence-corrected chi connectivity index (χ1v) is 34.7. The number of carbonyl (C=O) groups is 1. The molecule has 1 amide bonds. The molecule has 0 aromatic carbocycles. The second-order valence-electron chi connectivity index (χ2n) is 24.6. The van der Waals surface area contributed by atoms with Gasteiger partial charge in [-0.15, -0.1) is 0 Å². The zero-order chi connectivity index (χ0) is 60.2. The molecule has 2 heterocycles. The number of unbranched alkanes of at least 4 members (excludes halogenated alkanes) is 40. The van der Waals surface area contributed by atoms with E-state index in [0.717, 1.165) is 51.4 Å². The lowest BCUT2D eigenvalue weighted by Gasteiger charge is -2.46. The maximum atomic E-state index is 13.3. The fourth-order valence-corrected chi connectivity index (χ4v) is 11.5. The van der Waals surface area contributed by atoms with Gasteiger partial charge in [-0.25, -0.2) is 0 Å². The first-order chi connectivity index (χ1) is 40.6. The van der Waals surface area contributed by atoms with Crippen LogP contribution in [0.4, 0.5) is 0 Å². The number of aliphatic hydroxyl groups excluding tert-OH is 8. The Bertz CT molecular complexity index is 1530. The molecule has 0 saturated carbocycles. The molecule has 2 saturated heterocycles. The summed E-state index contributed by atoms with van der Waals surface area (Å²) in [6.45, 7) is 2.72. The van der Waals surface area contributed by atoms with Gasteiger partial charge in [-0.3, -0.25) is 4.79 Å². The maximum Gasteiger partial charge on any atom is 0.220 e. The molecule has 12 atom stereocenters. The summed E-state index contributed by atoms with van der Waals surface area (Å²) in [4.78, 5) is 13.3. The predicted octanol–water partition coefficient (Wildman–Crippen LogP) is 13.7. The van der Waals surface area contributed by atoms with Gasteiger partial charge in [0.2, 0.25) is 5.91 Å².